The van der Waals surface area contributed by atoms with Crippen LogP contribution in [0.25, 0.3) is 0 Å². The second kappa shape index (κ2) is 7.33. The van der Waals surface area contributed by atoms with E-state index < -0.39 is 15.6 Å². The number of carbonyl (C=O) groups is 1. The molecule has 25 heavy (non-hydrogen) atoms. The highest BCUT2D eigenvalue weighted by Gasteiger charge is 2.22. The number of pyridine rings is 1. The van der Waals surface area contributed by atoms with E-state index in [1.807, 2.05) is 25.1 Å². The SMILES string of the molecule is CC(NC(=O)c1ccc(S(=O)(=O)NC(C)(C)C)cc1)c1ccccn1. The van der Waals surface area contributed by atoms with E-state index >= 15 is 0 Å². The van der Waals surface area contributed by atoms with E-state index in [1.54, 1.807) is 27.0 Å². The molecule has 0 radical (unpaired) electrons. The molecule has 0 aliphatic rings. The molecule has 0 aliphatic carbocycles. The lowest BCUT2D eigenvalue weighted by atomic mass is 10.1. The van der Waals surface area contributed by atoms with Crippen LogP contribution in [-0.4, -0.2) is 24.8 Å². The van der Waals surface area contributed by atoms with Gasteiger partial charge in [0.25, 0.3) is 5.91 Å². The van der Waals surface area contributed by atoms with Gasteiger partial charge in [-0.1, -0.05) is 6.07 Å². The number of hydrogen-bond donors (Lipinski definition) is 2. The van der Waals surface area contributed by atoms with Crippen LogP contribution in [0, 0.1) is 0 Å². The summed E-state index contributed by atoms with van der Waals surface area (Å²) in [4.78, 5) is 16.6. The monoisotopic (exact) mass is 361 g/mol. The number of nitrogens with one attached hydrogen (secondary N) is 2. The van der Waals surface area contributed by atoms with E-state index in [9.17, 15) is 13.2 Å². The molecule has 0 saturated carbocycles. The van der Waals surface area contributed by atoms with Gasteiger partial charge in [-0.2, -0.15) is 0 Å². The van der Waals surface area contributed by atoms with Gasteiger partial charge in [0.2, 0.25) is 10.0 Å². The number of benzene rings is 1. The summed E-state index contributed by atoms with van der Waals surface area (Å²) in [5.74, 6) is -0.286. The molecule has 0 saturated heterocycles. The highest BCUT2D eigenvalue weighted by atomic mass is 32.2. The molecule has 2 aromatic rings. The molecule has 7 heteroatoms. The van der Waals surface area contributed by atoms with Crippen molar-refractivity contribution in [3.05, 3.63) is 59.9 Å². The molecular weight excluding hydrogens is 338 g/mol. The van der Waals surface area contributed by atoms with Crippen LogP contribution < -0.4 is 10.0 Å². The highest BCUT2D eigenvalue weighted by molar-refractivity contribution is 7.89. The second-order valence-electron chi connectivity index (χ2n) is 6.83. The quantitative estimate of drug-likeness (QED) is 0.857. The number of rotatable bonds is 5. The lowest BCUT2D eigenvalue weighted by Gasteiger charge is -2.20. The van der Waals surface area contributed by atoms with Crippen LogP contribution in [0.5, 0.6) is 0 Å². The number of amides is 1. The number of carbonyl (C=O) groups excluding carboxylic acids is 1. The van der Waals surface area contributed by atoms with Crippen LogP contribution in [0.3, 0.4) is 0 Å². The summed E-state index contributed by atoms with van der Waals surface area (Å²) in [6.45, 7) is 7.15. The minimum atomic E-state index is -3.62. The molecule has 1 heterocycles. The maximum atomic E-state index is 12.3. The third-order valence-electron chi connectivity index (χ3n) is 3.35. The minimum Gasteiger partial charge on any atom is -0.344 e. The zero-order valence-electron chi connectivity index (χ0n) is 14.8. The van der Waals surface area contributed by atoms with Crippen molar-refractivity contribution in [1.82, 2.24) is 15.0 Å². The summed E-state index contributed by atoms with van der Waals surface area (Å²) in [7, 11) is -3.62. The third kappa shape index (κ3) is 5.37. The van der Waals surface area contributed by atoms with Crippen molar-refractivity contribution in [3.8, 4) is 0 Å². The van der Waals surface area contributed by atoms with Crippen molar-refractivity contribution in [3.63, 3.8) is 0 Å². The van der Waals surface area contributed by atoms with E-state index in [1.165, 1.54) is 24.3 Å². The minimum absolute atomic E-state index is 0.122. The van der Waals surface area contributed by atoms with Crippen LogP contribution in [-0.2, 0) is 10.0 Å². The van der Waals surface area contributed by atoms with Crippen LogP contribution in [0.15, 0.2) is 53.6 Å². The third-order valence-corrected chi connectivity index (χ3v) is 5.12. The number of hydrogen-bond acceptors (Lipinski definition) is 4. The van der Waals surface area contributed by atoms with E-state index in [0.717, 1.165) is 5.69 Å². The fourth-order valence-electron chi connectivity index (χ4n) is 2.23. The molecule has 1 aromatic heterocycles. The van der Waals surface area contributed by atoms with E-state index in [4.69, 9.17) is 0 Å². The molecule has 2 rings (SSSR count). The summed E-state index contributed by atoms with van der Waals surface area (Å²) in [6, 6.07) is 11.1. The number of sulfonamides is 1. The summed E-state index contributed by atoms with van der Waals surface area (Å²) >= 11 is 0. The lowest BCUT2D eigenvalue weighted by Crippen LogP contribution is -2.40. The summed E-state index contributed by atoms with van der Waals surface area (Å²) < 4.78 is 27.1. The van der Waals surface area contributed by atoms with Crippen molar-refractivity contribution in [2.45, 2.75) is 44.2 Å². The Bertz CT molecular complexity index is 826. The van der Waals surface area contributed by atoms with E-state index in [0.29, 0.717) is 5.56 Å². The summed E-state index contributed by atoms with van der Waals surface area (Å²) in [5.41, 5.74) is 0.564. The van der Waals surface area contributed by atoms with Crippen molar-refractivity contribution in [2.24, 2.45) is 0 Å². The zero-order chi connectivity index (χ0) is 18.7. The van der Waals surface area contributed by atoms with E-state index in [2.05, 4.69) is 15.0 Å². The highest BCUT2D eigenvalue weighted by Crippen LogP contribution is 2.15. The Hall–Kier alpha value is -2.25. The van der Waals surface area contributed by atoms with Crippen LogP contribution >= 0.6 is 0 Å². The normalized spacial score (nSPS) is 13.3. The maximum Gasteiger partial charge on any atom is 0.251 e. The predicted molar refractivity (Wildman–Crippen MR) is 96.6 cm³/mol. The van der Waals surface area contributed by atoms with Gasteiger partial charge in [-0.15, -0.1) is 0 Å². The molecule has 0 fully saturated rings. The molecule has 6 nitrogen and oxygen atoms in total. The van der Waals surface area contributed by atoms with Gasteiger partial charge in [-0.3, -0.25) is 9.78 Å². The van der Waals surface area contributed by atoms with Gasteiger partial charge in [0, 0.05) is 17.3 Å². The Morgan fingerprint density at radius 1 is 1.08 bits per heavy atom. The maximum absolute atomic E-state index is 12.3. The fraction of sp³-hybridized carbons (Fsp3) is 0.333. The topological polar surface area (TPSA) is 88.2 Å². The Morgan fingerprint density at radius 3 is 2.24 bits per heavy atom. The van der Waals surface area contributed by atoms with E-state index in [-0.39, 0.29) is 16.8 Å². The first-order chi connectivity index (χ1) is 11.6. The van der Waals surface area contributed by atoms with Crippen LogP contribution in [0.4, 0.5) is 0 Å². The van der Waals surface area contributed by atoms with Crippen molar-refractivity contribution >= 4 is 15.9 Å². The van der Waals surface area contributed by atoms with Crippen molar-refractivity contribution in [1.29, 1.82) is 0 Å². The number of aromatic nitrogens is 1. The molecule has 0 bridgehead atoms. The van der Waals surface area contributed by atoms with Gasteiger partial charge in [0.05, 0.1) is 16.6 Å². The lowest BCUT2D eigenvalue weighted by molar-refractivity contribution is 0.0939. The predicted octanol–water partition coefficient (Wildman–Crippen LogP) is 2.65. The molecule has 134 valence electrons. The molecule has 1 aromatic carbocycles. The largest absolute Gasteiger partial charge is 0.344 e. The molecule has 1 unspecified atom stereocenters. The summed E-state index contributed by atoms with van der Waals surface area (Å²) in [6.07, 6.45) is 1.67. The Labute approximate surface area is 148 Å². The first kappa shape index (κ1) is 19.1. The van der Waals surface area contributed by atoms with Crippen LogP contribution in [0.2, 0.25) is 0 Å². The smallest absolute Gasteiger partial charge is 0.251 e. The van der Waals surface area contributed by atoms with Gasteiger partial charge in [0.1, 0.15) is 0 Å². The first-order valence-electron chi connectivity index (χ1n) is 7.94. The summed E-state index contributed by atoms with van der Waals surface area (Å²) in [5, 5.41) is 2.84. The fourth-order valence-corrected chi connectivity index (χ4v) is 3.65. The van der Waals surface area contributed by atoms with Crippen molar-refractivity contribution in [2.75, 3.05) is 0 Å². The molecule has 0 aliphatic heterocycles. The van der Waals surface area contributed by atoms with Gasteiger partial charge >= 0.3 is 0 Å². The average Bonchev–Trinajstić information content (AvgIpc) is 2.53. The van der Waals surface area contributed by atoms with Crippen LogP contribution in [0.1, 0.15) is 49.8 Å². The van der Waals surface area contributed by atoms with Gasteiger partial charge in [-0.25, -0.2) is 13.1 Å². The van der Waals surface area contributed by atoms with Gasteiger partial charge < -0.3 is 5.32 Å². The molecule has 0 spiro atoms. The standard InChI is InChI=1S/C18H23N3O3S/c1-13(16-7-5-6-12-19-16)20-17(22)14-8-10-15(11-9-14)25(23,24)21-18(2,3)4/h5-13,21H,1-4H3,(H,20,22). The Kier molecular flexibility index (Phi) is 5.59. The molecule has 1 atom stereocenters. The first-order valence-corrected chi connectivity index (χ1v) is 9.43. The molecule has 1 amide bonds. The molecule has 2 N–H and O–H groups in total. The number of nitrogens with zero attached hydrogens (tertiary/aromatic N) is 1. The Balaban J connectivity index is 2.10. The van der Waals surface area contributed by atoms with Gasteiger partial charge in [-0.05, 0) is 64.1 Å². The Morgan fingerprint density at radius 2 is 1.72 bits per heavy atom. The average molecular weight is 361 g/mol. The van der Waals surface area contributed by atoms with Crippen molar-refractivity contribution < 1.29 is 13.2 Å². The van der Waals surface area contributed by atoms with Gasteiger partial charge in [0.15, 0.2) is 0 Å². The molecular formula is C18H23N3O3S. The zero-order valence-corrected chi connectivity index (χ0v) is 15.6. The second-order valence-corrected chi connectivity index (χ2v) is 8.51.